The smallest absolute Gasteiger partial charge is 0.296 e. The molecular weight excluding hydrogens is 154 g/mol. The van der Waals surface area contributed by atoms with E-state index in [0.717, 1.165) is 5.56 Å². The molecule has 0 aliphatic heterocycles. The quantitative estimate of drug-likeness (QED) is 0.654. The predicted molar refractivity (Wildman–Crippen MR) is 44.0 cm³/mol. The highest BCUT2D eigenvalue weighted by Gasteiger charge is 1.97. The number of amides is 1. The molecule has 0 bridgehead atoms. The van der Waals surface area contributed by atoms with Crippen LogP contribution in [0.3, 0.4) is 0 Å². The van der Waals surface area contributed by atoms with Gasteiger partial charge in [0.15, 0.2) is 0 Å². The Morgan fingerprint density at radius 3 is 2.58 bits per heavy atom. The molecular formula is C9H8NO2. The van der Waals surface area contributed by atoms with Gasteiger partial charge < -0.3 is 5.32 Å². The standard InChI is InChI=1S/C9H8NO2/c11-7-9(12)10-6-8-4-2-1-3-5-8/h1-5H,6H2,(H,10,12). The number of carbonyl (C=O) groups is 1. The van der Waals surface area contributed by atoms with Crippen LogP contribution in [0.5, 0.6) is 0 Å². The molecule has 0 atom stereocenters. The van der Waals surface area contributed by atoms with Crippen molar-refractivity contribution in [2.45, 2.75) is 6.54 Å². The van der Waals surface area contributed by atoms with Crippen LogP contribution in [0.15, 0.2) is 30.3 Å². The average Bonchev–Trinajstić information content (AvgIpc) is 2.16. The molecule has 3 nitrogen and oxygen atoms in total. The lowest BCUT2D eigenvalue weighted by Crippen LogP contribution is -2.23. The van der Waals surface area contributed by atoms with Crippen LogP contribution >= 0.6 is 0 Å². The van der Waals surface area contributed by atoms with Crippen molar-refractivity contribution in [2.75, 3.05) is 0 Å². The van der Waals surface area contributed by atoms with E-state index in [4.69, 9.17) is 0 Å². The fraction of sp³-hybridized carbons (Fsp3) is 0.111. The number of hydrogen-bond acceptors (Lipinski definition) is 2. The zero-order valence-corrected chi connectivity index (χ0v) is 6.41. The lowest BCUT2D eigenvalue weighted by Gasteiger charge is -1.99. The van der Waals surface area contributed by atoms with Crippen molar-refractivity contribution in [3.8, 4) is 0 Å². The van der Waals surface area contributed by atoms with Crippen LogP contribution < -0.4 is 5.32 Å². The third kappa shape index (κ3) is 2.54. The Morgan fingerprint density at radius 1 is 1.33 bits per heavy atom. The summed E-state index contributed by atoms with van der Waals surface area (Å²) in [6.07, 6.45) is 1.24. The molecule has 1 aromatic rings. The highest BCUT2D eigenvalue weighted by Crippen LogP contribution is 1.96. The maximum Gasteiger partial charge on any atom is 0.296 e. The lowest BCUT2D eigenvalue weighted by atomic mass is 10.2. The Morgan fingerprint density at radius 2 is 2.00 bits per heavy atom. The number of nitrogens with one attached hydrogen (secondary N) is 1. The summed E-state index contributed by atoms with van der Waals surface area (Å²) in [5, 5.41) is 2.39. The number of hydrogen-bond donors (Lipinski definition) is 1. The summed E-state index contributed by atoms with van der Waals surface area (Å²) < 4.78 is 0. The highest BCUT2D eigenvalue weighted by atomic mass is 16.2. The molecule has 0 aromatic heterocycles. The second kappa shape index (κ2) is 4.28. The largest absolute Gasteiger partial charge is 0.345 e. The summed E-state index contributed by atoms with van der Waals surface area (Å²) in [7, 11) is 0. The van der Waals surface area contributed by atoms with Gasteiger partial charge in [0.1, 0.15) is 0 Å². The minimum absolute atomic E-state index is 0.370. The van der Waals surface area contributed by atoms with E-state index in [-0.39, 0.29) is 0 Å². The van der Waals surface area contributed by atoms with E-state index in [0.29, 0.717) is 6.54 Å². The van der Waals surface area contributed by atoms with Crippen LogP contribution in [0.1, 0.15) is 5.56 Å². The van der Waals surface area contributed by atoms with E-state index in [1.54, 1.807) is 0 Å². The molecule has 0 aliphatic rings. The fourth-order valence-corrected chi connectivity index (χ4v) is 0.814. The first-order valence-electron chi connectivity index (χ1n) is 3.53. The van der Waals surface area contributed by atoms with Crippen molar-refractivity contribution >= 4 is 12.2 Å². The van der Waals surface area contributed by atoms with Gasteiger partial charge >= 0.3 is 0 Å². The molecule has 0 unspecified atom stereocenters. The molecule has 3 heteroatoms. The summed E-state index contributed by atoms with van der Waals surface area (Å²) in [5.74, 6) is -0.709. The van der Waals surface area contributed by atoms with Crippen molar-refractivity contribution in [1.82, 2.24) is 5.32 Å². The van der Waals surface area contributed by atoms with Crippen LogP contribution in [-0.2, 0) is 16.1 Å². The van der Waals surface area contributed by atoms with Gasteiger partial charge in [-0.2, -0.15) is 0 Å². The maximum atomic E-state index is 10.5. The number of benzene rings is 1. The molecule has 0 spiro atoms. The second-order valence-electron chi connectivity index (χ2n) is 2.27. The van der Waals surface area contributed by atoms with Crippen LogP contribution in [-0.4, -0.2) is 12.2 Å². The van der Waals surface area contributed by atoms with Crippen molar-refractivity contribution < 1.29 is 9.59 Å². The Kier molecular flexibility index (Phi) is 3.02. The molecule has 0 aliphatic carbocycles. The average molecular weight is 162 g/mol. The van der Waals surface area contributed by atoms with Gasteiger partial charge in [0, 0.05) is 6.54 Å². The van der Waals surface area contributed by atoms with Crippen molar-refractivity contribution in [1.29, 1.82) is 0 Å². The van der Waals surface area contributed by atoms with Gasteiger partial charge in [0.05, 0.1) is 0 Å². The first kappa shape index (κ1) is 8.46. The van der Waals surface area contributed by atoms with E-state index < -0.39 is 5.91 Å². The zero-order valence-electron chi connectivity index (χ0n) is 6.41. The molecule has 1 rings (SSSR count). The first-order valence-corrected chi connectivity index (χ1v) is 3.53. The van der Waals surface area contributed by atoms with E-state index in [1.165, 1.54) is 6.29 Å². The maximum absolute atomic E-state index is 10.5. The van der Waals surface area contributed by atoms with Crippen molar-refractivity contribution in [3.05, 3.63) is 35.9 Å². The van der Waals surface area contributed by atoms with Gasteiger partial charge in [-0.15, -0.1) is 0 Å². The molecule has 1 radical (unpaired) electrons. The minimum atomic E-state index is -0.709. The van der Waals surface area contributed by atoms with Gasteiger partial charge in [-0.05, 0) is 5.56 Å². The predicted octanol–water partition coefficient (Wildman–Crippen LogP) is 0.412. The topological polar surface area (TPSA) is 46.2 Å². The summed E-state index contributed by atoms with van der Waals surface area (Å²) in [5.41, 5.74) is 0.959. The Labute approximate surface area is 70.4 Å². The van der Waals surface area contributed by atoms with Crippen LogP contribution in [0, 0.1) is 0 Å². The summed E-state index contributed by atoms with van der Waals surface area (Å²) >= 11 is 0. The first-order chi connectivity index (χ1) is 5.83. The van der Waals surface area contributed by atoms with Gasteiger partial charge in [0.25, 0.3) is 12.2 Å². The monoisotopic (exact) mass is 162 g/mol. The van der Waals surface area contributed by atoms with Gasteiger partial charge in [-0.1, -0.05) is 30.3 Å². The molecule has 0 heterocycles. The second-order valence-corrected chi connectivity index (χ2v) is 2.27. The van der Waals surface area contributed by atoms with Gasteiger partial charge in [-0.3, -0.25) is 9.59 Å². The SMILES string of the molecule is O=[C]C(=O)NCc1ccccc1. The van der Waals surface area contributed by atoms with Crippen molar-refractivity contribution in [2.24, 2.45) is 0 Å². The fourth-order valence-electron chi connectivity index (χ4n) is 0.814. The molecule has 0 fully saturated rings. The number of rotatable bonds is 3. The van der Waals surface area contributed by atoms with E-state index >= 15 is 0 Å². The Bertz CT molecular complexity index is 269. The van der Waals surface area contributed by atoms with Crippen molar-refractivity contribution in [3.63, 3.8) is 0 Å². The molecule has 61 valence electrons. The van der Waals surface area contributed by atoms with Crippen LogP contribution in [0.4, 0.5) is 0 Å². The number of carbonyl (C=O) groups excluding carboxylic acids is 2. The van der Waals surface area contributed by atoms with Crippen LogP contribution in [0.25, 0.3) is 0 Å². The molecule has 1 N–H and O–H groups in total. The molecule has 1 amide bonds. The van der Waals surface area contributed by atoms with Gasteiger partial charge in [0.2, 0.25) is 0 Å². The summed E-state index contributed by atoms with van der Waals surface area (Å²) in [4.78, 5) is 20.2. The lowest BCUT2D eigenvalue weighted by molar-refractivity contribution is -0.115. The minimum Gasteiger partial charge on any atom is -0.345 e. The van der Waals surface area contributed by atoms with E-state index in [9.17, 15) is 9.59 Å². The zero-order chi connectivity index (χ0) is 8.81. The van der Waals surface area contributed by atoms with Crippen LogP contribution in [0.2, 0.25) is 0 Å². The van der Waals surface area contributed by atoms with E-state index in [1.807, 2.05) is 30.3 Å². The summed E-state index contributed by atoms with van der Waals surface area (Å²) in [6, 6.07) is 9.35. The third-order valence-corrected chi connectivity index (χ3v) is 1.39. The van der Waals surface area contributed by atoms with Gasteiger partial charge in [-0.25, -0.2) is 0 Å². The molecule has 0 saturated carbocycles. The third-order valence-electron chi connectivity index (χ3n) is 1.39. The molecule has 12 heavy (non-hydrogen) atoms. The molecule has 1 aromatic carbocycles. The summed E-state index contributed by atoms with van der Waals surface area (Å²) in [6.45, 7) is 0.370. The molecule has 0 saturated heterocycles. The normalized spacial score (nSPS) is 9.00. The Hall–Kier alpha value is -1.64. The Balaban J connectivity index is 2.43. The van der Waals surface area contributed by atoms with E-state index in [2.05, 4.69) is 5.32 Å². The highest BCUT2D eigenvalue weighted by molar-refractivity contribution is 6.23.